The minimum absolute atomic E-state index is 0.163. The summed E-state index contributed by atoms with van der Waals surface area (Å²) in [6, 6.07) is -0.752. The molecule has 1 saturated heterocycles. The van der Waals surface area contributed by atoms with Crippen LogP contribution in [0.3, 0.4) is 0 Å². The molecular formula is C55H99NO8. The van der Waals surface area contributed by atoms with Crippen molar-refractivity contribution in [2.75, 3.05) is 13.2 Å². The summed E-state index contributed by atoms with van der Waals surface area (Å²) in [6.07, 6.45) is 52.5. The number of rotatable bonds is 44. The molecule has 0 spiro atoms. The van der Waals surface area contributed by atoms with E-state index in [2.05, 4.69) is 79.9 Å². The van der Waals surface area contributed by atoms with Gasteiger partial charge < -0.3 is 40.3 Å². The SMILES string of the molecule is CC/C=C\C/C=C\C/C=C\C/C=C\C/C=C\CCCC(=O)NC(COC1OC(CO)C(O)C(O)C1O)C(O)CCCCCCCCCCCCCCCCCCCCCCCCCC. The van der Waals surface area contributed by atoms with Crippen molar-refractivity contribution in [3.05, 3.63) is 60.8 Å². The number of hydrogen-bond donors (Lipinski definition) is 6. The second kappa shape index (κ2) is 44.7. The molecule has 1 fully saturated rings. The van der Waals surface area contributed by atoms with Crippen LogP contribution in [0.15, 0.2) is 60.8 Å². The first-order chi connectivity index (χ1) is 31.3. The number of allylic oxidation sites excluding steroid dienone is 10. The third-order valence-corrected chi connectivity index (χ3v) is 12.4. The van der Waals surface area contributed by atoms with Crippen LogP contribution in [0.25, 0.3) is 0 Å². The minimum atomic E-state index is -1.57. The molecule has 1 aliphatic heterocycles. The van der Waals surface area contributed by atoms with Gasteiger partial charge in [0.15, 0.2) is 6.29 Å². The van der Waals surface area contributed by atoms with Gasteiger partial charge in [-0.15, -0.1) is 0 Å². The van der Waals surface area contributed by atoms with Gasteiger partial charge in [-0.2, -0.15) is 0 Å². The quantitative estimate of drug-likeness (QED) is 0.0262. The standard InChI is InChI=1S/C55H99NO8/c1-3-5-7-9-11-13-15-17-19-21-22-23-24-25-26-27-29-30-32-34-36-38-40-42-44-49(58)48(47-63-55-54(62)53(61)52(60)50(46-57)64-55)56-51(59)45-43-41-39-37-35-33-31-28-20-18-16-14-12-10-8-6-4-2/h6,8,12,14,18,20,31,33,37,39,48-50,52-55,57-58,60-62H,3-5,7,9-11,13,15-17,19,21-30,32,34-36,38,40-47H2,1-2H3,(H,56,59)/b8-6-,14-12-,20-18-,33-31-,39-37-. The first kappa shape index (κ1) is 59.9. The Morgan fingerprint density at radius 3 is 1.38 bits per heavy atom. The van der Waals surface area contributed by atoms with Gasteiger partial charge in [0.25, 0.3) is 0 Å². The molecule has 64 heavy (non-hydrogen) atoms. The van der Waals surface area contributed by atoms with Crippen LogP contribution >= 0.6 is 0 Å². The van der Waals surface area contributed by atoms with E-state index in [4.69, 9.17) is 9.47 Å². The normalized spacial score (nSPS) is 20.5. The monoisotopic (exact) mass is 902 g/mol. The number of hydrogen-bond acceptors (Lipinski definition) is 8. The van der Waals surface area contributed by atoms with Crippen LogP contribution in [-0.2, 0) is 14.3 Å². The average Bonchev–Trinajstić information content (AvgIpc) is 3.29. The molecule has 0 aromatic rings. The molecule has 9 heteroatoms. The third-order valence-electron chi connectivity index (χ3n) is 12.4. The van der Waals surface area contributed by atoms with E-state index in [-0.39, 0.29) is 18.9 Å². The first-order valence-corrected chi connectivity index (χ1v) is 26.5. The van der Waals surface area contributed by atoms with Gasteiger partial charge in [-0.05, 0) is 51.4 Å². The Labute approximate surface area is 392 Å². The predicted octanol–water partition coefficient (Wildman–Crippen LogP) is 12.3. The molecule has 1 amide bonds. The maximum atomic E-state index is 13.0. The van der Waals surface area contributed by atoms with Crippen molar-refractivity contribution in [1.82, 2.24) is 5.32 Å². The molecule has 0 aliphatic carbocycles. The average molecular weight is 902 g/mol. The van der Waals surface area contributed by atoms with Crippen LogP contribution in [0.4, 0.5) is 0 Å². The summed E-state index contributed by atoms with van der Waals surface area (Å²) >= 11 is 0. The molecule has 1 heterocycles. The molecule has 6 N–H and O–H groups in total. The summed E-state index contributed by atoms with van der Waals surface area (Å²) < 4.78 is 11.3. The van der Waals surface area contributed by atoms with E-state index >= 15 is 0 Å². The Bertz CT molecular complexity index is 1180. The van der Waals surface area contributed by atoms with Gasteiger partial charge >= 0.3 is 0 Å². The highest BCUT2D eigenvalue weighted by Gasteiger charge is 2.44. The van der Waals surface area contributed by atoms with Crippen LogP contribution in [0, 0.1) is 0 Å². The van der Waals surface area contributed by atoms with E-state index in [1.165, 1.54) is 135 Å². The van der Waals surface area contributed by atoms with Crippen molar-refractivity contribution in [1.29, 1.82) is 0 Å². The fourth-order valence-electron chi connectivity index (χ4n) is 8.20. The predicted molar refractivity (Wildman–Crippen MR) is 267 cm³/mol. The summed E-state index contributed by atoms with van der Waals surface area (Å²) in [7, 11) is 0. The first-order valence-electron chi connectivity index (χ1n) is 26.5. The zero-order valence-electron chi connectivity index (χ0n) is 41.0. The molecular weight excluding hydrogens is 803 g/mol. The molecule has 0 radical (unpaired) electrons. The highest BCUT2D eigenvalue weighted by Crippen LogP contribution is 2.23. The van der Waals surface area contributed by atoms with Gasteiger partial charge in [-0.1, -0.05) is 229 Å². The van der Waals surface area contributed by atoms with Gasteiger partial charge in [0.05, 0.1) is 25.4 Å². The Morgan fingerprint density at radius 2 is 0.953 bits per heavy atom. The van der Waals surface area contributed by atoms with Crippen molar-refractivity contribution in [2.24, 2.45) is 0 Å². The van der Waals surface area contributed by atoms with E-state index in [1.807, 2.05) is 0 Å². The van der Waals surface area contributed by atoms with E-state index in [0.717, 1.165) is 57.8 Å². The maximum Gasteiger partial charge on any atom is 0.220 e. The van der Waals surface area contributed by atoms with Crippen LogP contribution in [-0.4, -0.2) is 87.5 Å². The molecule has 7 atom stereocenters. The van der Waals surface area contributed by atoms with E-state index in [9.17, 15) is 30.3 Å². The zero-order valence-corrected chi connectivity index (χ0v) is 41.0. The molecule has 1 rings (SSSR count). The topological polar surface area (TPSA) is 149 Å². The number of aliphatic hydroxyl groups is 5. The van der Waals surface area contributed by atoms with Crippen LogP contribution in [0.2, 0.25) is 0 Å². The maximum absolute atomic E-state index is 13.0. The van der Waals surface area contributed by atoms with E-state index in [0.29, 0.717) is 12.8 Å². The summed E-state index contributed by atoms with van der Waals surface area (Å²) in [4.78, 5) is 13.0. The number of nitrogens with one attached hydrogen (secondary N) is 1. The highest BCUT2D eigenvalue weighted by molar-refractivity contribution is 5.76. The fraction of sp³-hybridized carbons (Fsp3) is 0.800. The van der Waals surface area contributed by atoms with Crippen molar-refractivity contribution >= 4 is 5.91 Å². The lowest BCUT2D eigenvalue weighted by atomic mass is 9.99. The molecule has 0 saturated carbocycles. The van der Waals surface area contributed by atoms with E-state index < -0.39 is 49.5 Å². The molecule has 0 aromatic heterocycles. The summed E-state index contributed by atoms with van der Waals surface area (Å²) in [5.41, 5.74) is 0. The Morgan fingerprint density at radius 1 is 0.547 bits per heavy atom. The van der Waals surface area contributed by atoms with Gasteiger partial charge in [0, 0.05) is 6.42 Å². The summed E-state index contributed by atoms with van der Waals surface area (Å²) in [5, 5.41) is 54.5. The van der Waals surface area contributed by atoms with Crippen molar-refractivity contribution < 1.29 is 39.8 Å². The van der Waals surface area contributed by atoms with Gasteiger partial charge in [0.2, 0.25) is 5.91 Å². The van der Waals surface area contributed by atoms with Gasteiger partial charge in [-0.25, -0.2) is 0 Å². The number of unbranched alkanes of at least 4 members (excludes halogenated alkanes) is 24. The largest absolute Gasteiger partial charge is 0.394 e. The summed E-state index contributed by atoms with van der Waals surface area (Å²) in [5.74, 6) is -0.201. The number of ether oxygens (including phenoxy) is 2. The number of carbonyl (C=O) groups is 1. The smallest absolute Gasteiger partial charge is 0.220 e. The Balaban J connectivity index is 2.27. The molecule has 0 aromatic carbocycles. The minimum Gasteiger partial charge on any atom is -0.394 e. The molecule has 9 nitrogen and oxygen atoms in total. The van der Waals surface area contributed by atoms with Gasteiger partial charge in [-0.3, -0.25) is 4.79 Å². The molecule has 0 bridgehead atoms. The Hall–Kier alpha value is -2.11. The summed E-state index contributed by atoms with van der Waals surface area (Å²) in [6.45, 7) is 3.70. The van der Waals surface area contributed by atoms with Gasteiger partial charge in [0.1, 0.15) is 24.4 Å². The van der Waals surface area contributed by atoms with Crippen molar-refractivity contribution in [3.8, 4) is 0 Å². The fourth-order valence-corrected chi connectivity index (χ4v) is 8.20. The van der Waals surface area contributed by atoms with Crippen molar-refractivity contribution in [3.63, 3.8) is 0 Å². The number of aliphatic hydroxyl groups excluding tert-OH is 5. The molecule has 1 aliphatic rings. The Kier molecular flexibility index (Phi) is 41.9. The van der Waals surface area contributed by atoms with Crippen LogP contribution in [0.5, 0.6) is 0 Å². The second-order valence-electron chi connectivity index (χ2n) is 18.3. The molecule has 7 unspecified atom stereocenters. The second-order valence-corrected chi connectivity index (χ2v) is 18.3. The van der Waals surface area contributed by atoms with E-state index in [1.54, 1.807) is 0 Å². The van der Waals surface area contributed by atoms with Crippen LogP contribution < -0.4 is 5.32 Å². The van der Waals surface area contributed by atoms with Crippen LogP contribution in [0.1, 0.15) is 226 Å². The lowest BCUT2D eigenvalue weighted by molar-refractivity contribution is -0.302. The molecule has 372 valence electrons. The number of amides is 1. The third kappa shape index (κ3) is 34.2. The number of carbonyl (C=O) groups excluding carboxylic acids is 1. The highest BCUT2D eigenvalue weighted by atomic mass is 16.7. The zero-order chi connectivity index (χ0) is 46.6. The lowest BCUT2D eigenvalue weighted by Gasteiger charge is -2.40. The van der Waals surface area contributed by atoms with Crippen molar-refractivity contribution in [2.45, 2.75) is 269 Å². The lowest BCUT2D eigenvalue weighted by Crippen LogP contribution is -2.60.